The molecule has 1 aromatic rings. The van der Waals surface area contributed by atoms with Crippen molar-refractivity contribution in [1.82, 2.24) is 19.9 Å². The Hall–Kier alpha value is -1.92. The average molecular weight is 334 g/mol. The third-order valence-corrected chi connectivity index (χ3v) is 5.19. The standard InChI is InChI=1S/C17H26N4O3/c1-3-20-11-14(4-5-16(20)22)17(23)21-8-6-13(7-9-21)10-15-18-12(2)19-24-15/h13-14H,3-11H2,1-2H3. The fraction of sp³-hybridized carbons (Fsp3) is 0.765. The number of piperidine rings is 2. The van der Waals surface area contributed by atoms with Gasteiger partial charge in [-0.1, -0.05) is 5.16 Å². The highest BCUT2D eigenvalue weighted by molar-refractivity contribution is 5.83. The van der Waals surface area contributed by atoms with E-state index >= 15 is 0 Å². The van der Waals surface area contributed by atoms with Gasteiger partial charge in [-0.25, -0.2) is 0 Å². The number of aryl methyl sites for hydroxylation is 1. The van der Waals surface area contributed by atoms with Crippen LogP contribution in [0.4, 0.5) is 0 Å². The van der Waals surface area contributed by atoms with Gasteiger partial charge >= 0.3 is 0 Å². The molecule has 7 heteroatoms. The molecule has 0 spiro atoms. The zero-order valence-electron chi connectivity index (χ0n) is 14.5. The summed E-state index contributed by atoms with van der Waals surface area (Å²) in [5, 5.41) is 3.82. The molecule has 24 heavy (non-hydrogen) atoms. The predicted octanol–water partition coefficient (Wildman–Crippen LogP) is 1.42. The SMILES string of the molecule is CCN1CC(C(=O)N2CCC(Cc3nc(C)no3)CC2)CCC1=O. The van der Waals surface area contributed by atoms with Crippen molar-refractivity contribution in [3.8, 4) is 0 Å². The van der Waals surface area contributed by atoms with Crippen LogP contribution in [0.1, 0.15) is 44.3 Å². The number of aromatic nitrogens is 2. The minimum absolute atomic E-state index is 0.0298. The van der Waals surface area contributed by atoms with Crippen LogP contribution in [-0.2, 0) is 16.0 Å². The molecule has 2 aliphatic rings. The van der Waals surface area contributed by atoms with Crippen molar-refractivity contribution in [3.63, 3.8) is 0 Å². The van der Waals surface area contributed by atoms with Crippen molar-refractivity contribution in [2.45, 2.75) is 46.0 Å². The maximum Gasteiger partial charge on any atom is 0.227 e. The molecule has 0 saturated carbocycles. The molecular weight excluding hydrogens is 308 g/mol. The number of carbonyl (C=O) groups excluding carboxylic acids is 2. The average Bonchev–Trinajstić information content (AvgIpc) is 3.00. The molecule has 1 aromatic heterocycles. The van der Waals surface area contributed by atoms with Gasteiger partial charge in [-0.15, -0.1) is 0 Å². The maximum atomic E-state index is 12.7. The highest BCUT2D eigenvalue weighted by Crippen LogP contribution is 2.25. The Kier molecular flexibility index (Phi) is 5.16. The van der Waals surface area contributed by atoms with Gasteiger partial charge in [0.25, 0.3) is 0 Å². The van der Waals surface area contributed by atoms with Crippen molar-refractivity contribution in [2.75, 3.05) is 26.2 Å². The third-order valence-electron chi connectivity index (χ3n) is 5.19. The van der Waals surface area contributed by atoms with Gasteiger partial charge in [0.05, 0.1) is 5.92 Å². The lowest BCUT2D eigenvalue weighted by Crippen LogP contribution is -2.48. The first-order chi connectivity index (χ1) is 11.6. The molecule has 2 aliphatic heterocycles. The molecule has 3 heterocycles. The summed E-state index contributed by atoms with van der Waals surface area (Å²) in [7, 11) is 0. The highest BCUT2D eigenvalue weighted by atomic mass is 16.5. The van der Waals surface area contributed by atoms with E-state index in [2.05, 4.69) is 10.1 Å². The van der Waals surface area contributed by atoms with Gasteiger partial charge in [0.2, 0.25) is 17.7 Å². The molecule has 7 nitrogen and oxygen atoms in total. The fourth-order valence-corrected chi connectivity index (χ4v) is 3.71. The summed E-state index contributed by atoms with van der Waals surface area (Å²) in [6.07, 6.45) is 3.92. The quantitative estimate of drug-likeness (QED) is 0.832. The molecule has 1 atom stereocenters. The Morgan fingerprint density at radius 2 is 2.04 bits per heavy atom. The summed E-state index contributed by atoms with van der Waals surface area (Å²) < 4.78 is 5.19. The zero-order valence-corrected chi connectivity index (χ0v) is 14.5. The lowest BCUT2D eigenvalue weighted by atomic mass is 9.91. The van der Waals surface area contributed by atoms with Crippen molar-refractivity contribution in [2.24, 2.45) is 11.8 Å². The van der Waals surface area contributed by atoms with E-state index in [0.29, 0.717) is 43.6 Å². The number of carbonyl (C=O) groups is 2. The molecule has 2 fully saturated rings. The van der Waals surface area contributed by atoms with Gasteiger partial charge in [0, 0.05) is 39.0 Å². The Morgan fingerprint density at radius 1 is 1.29 bits per heavy atom. The number of hydrogen-bond acceptors (Lipinski definition) is 5. The summed E-state index contributed by atoms with van der Waals surface area (Å²) in [5.41, 5.74) is 0. The second kappa shape index (κ2) is 7.32. The lowest BCUT2D eigenvalue weighted by molar-refractivity contribution is -0.143. The second-order valence-electron chi connectivity index (χ2n) is 6.88. The van der Waals surface area contributed by atoms with Crippen LogP contribution in [0, 0.1) is 18.8 Å². The van der Waals surface area contributed by atoms with Crippen molar-refractivity contribution >= 4 is 11.8 Å². The van der Waals surface area contributed by atoms with E-state index in [1.54, 1.807) is 4.90 Å². The van der Waals surface area contributed by atoms with E-state index < -0.39 is 0 Å². The molecule has 2 saturated heterocycles. The van der Waals surface area contributed by atoms with Gasteiger partial charge in [0.15, 0.2) is 5.82 Å². The third kappa shape index (κ3) is 3.76. The first-order valence-electron chi connectivity index (χ1n) is 8.92. The highest BCUT2D eigenvalue weighted by Gasteiger charge is 2.33. The molecule has 0 bridgehead atoms. The Balaban J connectivity index is 1.49. The van der Waals surface area contributed by atoms with Gasteiger partial charge in [-0.2, -0.15) is 4.98 Å². The molecular formula is C17H26N4O3. The van der Waals surface area contributed by atoms with Crippen LogP contribution in [0.3, 0.4) is 0 Å². The molecule has 3 rings (SSSR count). The Labute approximate surface area is 142 Å². The van der Waals surface area contributed by atoms with Crippen molar-refractivity contribution in [1.29, 1.82) is 0 Å². The first-order valence-corrected chi connectivity index (χ1v) is 8.92. The summed E-state index contributed by atoms with van der Waals surface area (Å²) in [5.74, 6) is 2.22. The van der Waals surface area contributed by atoms with Crippen LogP contribution in [0.25, 0.3) is 0 Å². The minimum atomic E-state index is -0.0298. The number of nitrogens with zero attached hydrogens (tertiary/aromatic N) is 4. The molecule has 132 valence electrons. The minimum Gasteiger partial charge on any atom is -0.342 e. The van der Waals surface area contributed by atoms with Gasteiger partial charge in [0.1, 0.15) is 0 Å². The summed E-state index contributed by atoms with van der Waals surface area (Å²) in [6, 6.07) is 0. The maximum absolute atomic E-state index is 12.7. The van der Waals surface area contributed by atoms with E-state index in [1.807, 2.05) is 18.7 Å². The second-order valence-corrected chi connectivity index (χ2v) is 6.88. The number of hydrogen-bond donors (Lipinski definition) is 0. The molecule has 2 amide bonds. The van der Waals surface area contributed by atoms with Crippen molar-refractivity contribution < 1.29 is 14.1 Å². The molecule has 1 unspecified atom stereocenters. The van der Waals surface area contributed by atoms with Gasteiger partial charge < -0.3 is 14.3 Å². The van der Waals surface area contributed by atoms with Crippen LogP contribution in [-0.4, -0.2) is 57.9 Å². The number of rotatable bonds is 4. The largest absolute Gasteiger partial charge is 0.342 e. The smallest absolute Gasteiger partial charge is 0.227 e. The molecule has 0 aliphatic carbocycles. The van der Waals surface area contributed by atoms with Gasteiger partial charge in [-0.05, 0) is 39.0 Å². The lowest BCUT2D eigenvalue weighted by Gasteiger charge is -2.37. The van der Waals surface area contributed by atoms with Gasteiger partial charge in [-0.3, -0.25) is 9.59 Å². The Morgan fingerprint density at radius 3 is 2.67 bits per heavy atom. The number of likely N-dealkylation sites (tertiary alicyclic amines) is 2. The first kappa shape index (κ1) is 16.9. The topological polar surface area (TPSA) is 79.5 Å². The molecule has 0 aromatic carbocycles. The number of amides is 2. The van der Waals surface area contributed by atoms with Crippen molar-refractivity contribution in [3.05, 3.63) is 11.7 Å². The summed E-state index contributed by atoms with van der Waals surface area (Å²) >= 11 is 0. The van der Waals surface area contributed by atoms with E-state index in [1.165, 1.54) is 0 Å². The van der Waals surface area contributed by atoms with Crippen LogP contribution in [0.15, 0.2) is 4.52 Å². The Bertz CT molecular complexity index is 592. The summed E-state index contributed by atoms with van der Waals surface area (Å²) in [4.78, 5) is 32.5. The zero-order chi connectivity index (χ0) is 17.1. The van der Waals surface area contributed by atoms with Crippen LogP contribution in [0.5, 0.6) is 0 Å². The fourth-order valence-electron chi connectivity index (χ4n) is 3.71. The predicted molar refractivity (Wildman–Crippen MR) is 87.0 cm³/mol. The van der Waals surface area contributed by atoms with Crippen LogP contribution < -0.4 is 0 Å². The van der Waals surface area contributed by atoms with Crippen LogP contribution in [0.2, 0.25) is 0 Å². The van der Waals surface area contributed by atoms with E-state index in [9.17, 15) is 9.59 Å². The van der Waals surface area contributed by atoms with E-state index in [-0.39, 0.29) is 17.7 Å². The molecule has 0 radical (unpaired) electrons. The summed E-state index contributed by atoms with van der Waals surface area (Å²) in [6.45, 7) is 6.63. The normalized spacial score (nSPS) is 22.9. The van der Waals surface area contributed by atoms with E-state index in [0.717, 1.165) is 32.4 Å². The van der Waals surface area contributed by atoms with Crippen LogP contribution >= 0.6 is 0 Å². The monoisotopic (exact) mass is 334 g/mol. The molecule has 0 N–H and O–H groups in total. The van der Waals surface area contributed by atoms with E-state index in [4.69, 9.17) is 4.52 Å².